The van der Waals surface area contributed by atoms with Gasteiger partial charge in [0, 0.05) is 30.8 Å². The third-order valence-electron chi connectivity index (χ3n) is 3.15. The highest BCUT2D eigenvalue weighted by Crippen LogP contribution is 2.20. The number of rotatable bonds is 3. The second kappa shape index (κ2) is 5.05. The minimum atomic E-state index is -0.904. The van der Waals surface area contributed by atoms with Gasteiger partial charge in [0.25, 0.3) is 11.6 Å². The molecule has 1 N–H and O–H groups in total. The van der Waals surface area contributed by atoms with Crippen LogP contribution in [0.2, 0.25) is 0 Å². The molecule has 1 aromatic carbocycles. The number of nitro groups is 1. The summed E-state index contributed by atoms with van der Waals surface area (Å²) in [5, 5.41) is 19.4. The Balaban J connectivity index is 2.08. The fraction of sp³-hybridized carbons (Fsp3) is 0.333. The van der Waals surface area contributed by atoms with E-state index in [1.165, 1.54) is 29.2 Å². The minimum absolute atomic E-state index is 0.0821. The number of aliphatic carboxylic acids is 1. The SMILES string of the molecule is O=C(O)C1CCN(C(=O)c2ccc([N+](=O)[O-])cc2)C1. The number of hydrogen-bond acceptors (Lipinski definition) is 4. The first-order valence-electron chi connectivity index (χ1n) is 5.75. The molecule has 1 fully saturated rings. The van der Waals surface area contributed by atoms with E-state index in [1.54, 1.807) is 0 Å². The van der Waals surface area contributed by atoms with Gasteiger partial charge in [0.2, 0.25) is 0 Å². The zero-order valence-corrected chi connectivity index (χ0v) is 9.98. The number of carboxylic acid groups (broad SMARTS) is 1. The summed E-state index contributed by atoms with van der Waals surface area (Å²) in [6.45, 7) is 0.581. The summed E-state index contributed by atoms with van der Waals surface area (Å²) in [5.41, 5.74) is 0.248. The Morgan fingerprint density at radius 1 is 1.32 bits per heavy atom. The van der Waals surface area contributed by atoms with Crippen molar-refractivity contribution >= 4 is 17.6 Å². The quantitative estimate of drug-likeness (QED) is 0.651. The topological polar surface area (TPSA) is 101 Å². The molecule has 0 bridgehead atoms. The van der Waals surface area contributed by atoms with Gasteiger partial charge in [-0.05, 0) is 18.6 Å². The molecule has 0 aromatic heterocycles. The van der Waals surface area contributed by atoms with Gasteiger partial charge in [-0.15, -0.1) is 0 Å². The van der Waals surface area contributed by atoms with Crippen molar-refractivity contribution in [3.8, 4) is 0 Å². The summed E-state index contributed by atoms with van der Waals surface area (Å²) in [4.78, 5) is 34.3. The Hall–Kier alpha value is -2.44. The second-order valence-corrected chi connectivity index (χ2v) is 4.38. The van der Waals surface area contributed by atoms with Crippen LogP contribution >= 0.6 is 0 Å². The van der Waals surface area contributed by atoms with Gasteiger partial charge in [-0.25, -0.2) is 0 Å². The molecule has 1 aliphatic rings. The first kappa shape index (κ1) is 13.0. The fourth-order valence-electron chi connectivity index (χ4n) is 2.05. The average molecular weight is 264 g/mol. The molecule has 1 atom stereocenters. The number of nitrogens with zero attached hydrogens (tertiary/aromatic N) is 2. The first-order valence-corrected chi connectivity index (χ1v) is 5.75. The van der Waals surface area contributed by atoms with Crippen LogP contribution in [-0.2, 0) is 4.79 Å². The lowest BCUT2D eigenvalue weighted by atomic mass is 10.1. The van der Waals surface area contributed by atoms with Crippen LogP contribution in [0, 0.1) is 16.0 Å². The van der Waals surface area contributed by atoms with Crippen LogP contribution in [0.5, 0.6) is 0 Å². The molecule has 100 valence electrons. The highest BCUT2D eigenvalue weighted by Gasteiger charge is 2.31. The minimum Gasteiger partial charge on any atom is -0.481 e. The maximum atomic E-state index is 12.1. The smallest absolute Gasteiger partial charge is 0.308 e. The largest absolute Gasteiger partial charge is 0.481 e. The van der Waals surface area contributed by atoms with E-state index in [0.717, 1.165) is 0 Å². The van der Waals surface area contributed by atoms with Gasteiger partial charge in [-0.2, -0.15) is 0 Å². The molecular weight excluding hydrogens is 252 g/mol. The van der Waals surface area contributed by atoms with E-state index >= 15 is 0 Å². The Kier molecular flexibility index (Phi) is 3.46. The highest BCUT2D eigenvalue weighted by molar-refractivity contribution is 5.95. The van der Waals surface area contributed by atoms with E-state index in [4.69, 9.17) is 5.11 Å². The summed E-state index contributed by atoms with van der Waals surface area (Å²) < 4.78 is 0. The predicted octanol–water partition coefficient (Wildman–Crippen LogP) is 1.14. The highest BCUT2D eigenvalue weighted by atomic mass is 16.6. The molecule has 0 radical (unpaired) electrons. The van der Waals surface area contributed by atoms with Crippen LogP contribution in [0.1, 0.15) is 16.8 Å². The molecule has 19 heavy (non-hydrogen) atoms. The second-order valence-electron chi connectivity index (χ2n) is 4.38. The van der Waals surface area contributed by atoms with E-state index in [9.17, 15) is 19.7 Å². The zero-order chi connectivity index (χ0) is 14.0. The van der Waals surface area contributed by atoms with Crippen LogP contribution in [0.25, 0.3) is 0 Å². The normalized spacial score (nSPS) is 18.3. The molecule has 1 amide bonds. The molecule has 0 aliphatic carbocycles. The number of hydrogen-bond donors (Lipinski definition) is 1. The van der Waals surface area contributed by atoms with Crippen molar-refractivity contribution in [3.63, 3.8) is 0 Å². The first-order chi connectivity index (χ1) is 8.99. The molecular formula is C12H12N2O5. The number of benzene rings is 1. The summed E-state index contributed by atoms with van der Waals surface area (Å²) in [6.07, 6.45) is 0.439. The van der Waals surface area contributed by atoms with E-state index in [-0.39, 0.29) is 18.1 Å². The van der Waals surface area contributed by atoms with Crippen molar-refractivity contribution in [2.24, 2.45) is 5.92 Å². The van der Waals surface area contributed by atoms with Gasteiger partial charge < -0.3 is 10.0 Å². The van der Waals surface area contributed by atoms with Gasteiger partial charge in [0.1, 0.15) is 0 Å². The van der Waals surface area contributed by atoms with E-state index in [1.807, 2.05) is 0 Å². The maximum Gasteiger partial charge on any atom is 0.308 e. The lowest BCUT2D eigenvalue weighted by molar-refractivity contribution is -0.384. The van der Waals surface area contributed by atoms with Crippen molar-refractivity contribution in [1.29, 1.82) is 0 Å². The lowest BCUT2D eigenvalue weighted by Crippen LogP contribution is -2.29. The van der Waals surface area contributed by atoms with E-state index < -0.39 is 16.8 Å². The fourth-order valence-corrected chi connectivity index (χ4v) is 2.05. The van der Waals surface area contributed by atoms with Crippen molar-refractivity contribution in [2.75, 3.05) is 13.1 Å². The van der Waals surface area contributed by atoms with Crippen molar-refractivity contribution in [2.45, 2.75) is 6.42 Å². The summed E-state index contributed by atoms with van der Waals surface area (Å²) in [6, 6.07) is 5.29. The Bertz CT molecular complexity index is 525. The van der Waals surface area contributed by atoms with Gasteiger partial charge in [0.05, 0.1) is 10.8 Å². The number of non-ortho nitro benzene ring substituents is 1. The summed E-state index contributed by atoms with van der Waals surface area (Å²) in [5.74, 6) is -1.72. The molecule has 2 rings (SSSR count). The molecule has 1 unspecified atom stereocenters. The molecule has 1 saturated heterocycles. The Labute approximate surface area is 108 Å². The number of carbonyl (C=O) groups is 2. The number of nitro benzene ring substituents is 1. The molecule has 1 aromatic rings. The van der Waals surface area contributed by atoms with Crippen molar-refractivity contribution in [1.82, 2.24) is 4.90 Å². The standard InChI is InChI=1S/C12H12N2O5/c15-11(13-6-5-9(7-13)12(16)17)8-1-3-10(4-2-8)14(18)19/h1-4,9H,5-7H2,(H,16,17). The van der Waals surface area contributed by atoms with Gasteiger partial charge in [0.15, 0.2) is 0 Å². The Morgan fingerprint density at radius 2 is 1.95 bits per heavy atom. The van der Waals surface area contributed by atoms with E-state index in [2.05, 4.69) is 0 Å². The molecule has 7 heteroatoms. The summed E-state index contributed by atoms with van der Waals surface area (Å²) in [7, 11) is 0. The molecule has 1 aliphatic heterocycles. The van der Waals surface area contributed by atoms with Gasteiger partial charge in [-0.3, -0.25) is 19.7 Å². The zero-order valence-electron chi connectivity index (χ0n) is 9.98. The van der Waals surface area contributed by atoms with Crippen LogP contribution in [0.4, 0.5) is 5.69 Å². The van der Waals surface area contributed by atoms with Crippen LogP contribution in [0.3, 0.4) is 0 Å². The molecule has 1 heterocycles. The van der Waals surface area contributed by atoms with Gasteiger partial charge in [-0.1, -0.05) is 0 Å². The number of carboxylic acids is 1. The number of amides is 1. The molecule has 7 nitrogen and oxygen atoms in total. The Morgan fingerprint density at radius 3 is 2.42 bits per heavy atom. The van der Waals surface area contributed by atoms with Crippen molar-refractivity contribution < 1.29 is 19.6 Å². The predicted molar refractivity (Wildman–Crippen MR) is 64.7 cm³/mol. The van der Waals surface area contributed by atoms with Crippen molar-refractivity contribution in [3.05, 3.63) is 39.9 Å². The van der Waals surface area contributed by atoms with E-state index in [0.29, 0.717) is 18.5 Å². The number of carbonyl (C=O) groups excluding carboxylic acids is 1. The van der Waals surface area contributed by atoms with Gasteiger partial charge >= 0.3 is 5.97 Å². The lowest BCUT2D eigenvalue weighted by Gasteiger charge is -2.15. The third kappa shape index (κ3) is 2.70. The van der Waals surface area contributed by atoms with Crippen LogP contribution < -0.4 is 0 Å². The molecule has 0 saturated carbocycles. The van der Waals surface area contributed by atoms with Crippen LogP contribution in [0.15, 0.2) is 24.3 Å². The third-order valence-corrected chi connectivity index (χ3v) is 3.15. The average Bonchev–Trinajstić information content (AvgIpc) is 2.87. The molecule has 0 spiro atoms. The summed E-state index contributed by atoms with van der Waals surface area (Å²) >= 11 is 0. The monoisotopic (exact) mass is 264 g/mol. The maximum absolute atomic E-state index is 12.1. The number of likely N-dealkylation sites (tertiary alicyclic amines) is 1. The van der Waals surface area contributed by atoms with Crippen LogP contribution in [-0.4, -0.2) is 39.9 Å².